The lowest BCUT2D eigenvalue weighted by Gasteiger charge is -2.52. The Hall–Kier alpha value is -3.33. The molecule has 3 aliphatic rings. The predicted molar refractivity (Wildman–Crippen MR) is 124 cm³/mol. The molecule has 9 heteroatoms. The first-order chi connectivity index (χ1) is 15.4. The smallest absolute Gasteiger partial charge is 0.269 e. The topological polar surface area (TPSA) is 95.8 Å². The van der Waals surface area contributed by atoms with Gasteiger partial charge in [-0.1, -0.05) is 31.0 Å². The van der Waals surface area contributed by atoms with Crippen LogP contribution in [0.3, 0.4) is 0 Å². The Balaban J connectivity index is 1.69. The van der Waals surface area contributed by atoms with Crippen LogP contribution in [0.25, 0.3) is 0 Å². The van der Waals surface area contributed by atoms with Crippen molar-refractivity contribution in [2.45, 2.75) is 38.1 Å². The van der Waals surface area contributed by atoms with Crippen molar-refractivity contribution in [1.29, 1.82) is 0 Å². The van der Waals surface area contributed by atoms with E-state index in [4.69, 9.17) is 12.2 Å². The molecule has 3 heterocycles. The predicted octanol–water partition coefficient (Wildman–Crippen LogP) is 3.33. The van der Waals surface area contributed by atoms with E-state index >= 15 is 0 Å². The molecule has 0 aliphatic carbocycles. The molecule has 0 aromatic heterocycles. The second kappa shape index (κ2) is 7.67. The van der Waals surface area contributed by atoms with Crippen LogP contribution < -0.4 is 15.1 Å². The van der Waals surface area contributed by atoms with Crippen LogP contribution in [-0.4, -0.2) is 34.4 Å². The van der Waals surface area contributed by atoms with Crippen molar-refractivity contribution in [3.8, 4) is 0 Å². The minimum Gasteiger partial charge on any atom is -0.367 e. The molecule has 3 aliphatic heterocycles. The van der Waals surface area contributed by atoms with Gasteiger partial charge in [-0.25, -0.2) is 0 Å². The van der Waals surface area contributed by atoms with E-state index in [1.165, 1.54) is 17.0 Å². The van der Waals surface area contributed by atoms with Crippen molar-refractivity contribution in [1.82, 2.24) is 5.32 Å². The zero-order valence-corrected chi connectivity index (χ0v) is 18.1. The fourth-order valence-electron chi connectivity index (χ4n) is 5.35. The zero-order chi connectivity index (χ0) is 22.5. The highest BCUT2D eigenvalue weighted by Crippen LogP contribution is 2.48. The van der Waals surface area contributed by atoms with Crippen LogP contribution in [0.4, 0.5) is 17.1 Å². The van der Waals surface area contributed by atoms with Gasteiger partial charge in [0.15, 0.2) is 10.5 Å². The van der Waals surface area contributed by atoms with E-state index in [1.807, 2.05) is 18.2 Å². The number of benzene rings is 2. The van der Waals surface area contributed by atoms with E-state index < -0.39 is 16.2 Å². The van der Waals surface area contributed by atoms with Gasteiger partial charge in [-0.15, -0.1) is 0 Å². The lowest BCUT2D eigenvalue weighted by molar-refractivity contribution is -0.384. The molecule has 2 amide bonds. The molecule has 1 spiro atoms. The summed E-state index contributed by atoms with van der Waals surface area (Å²) in [6.45, 7) is 0.688. The summed E-state index contributed by atoms with van der Waals surface area (Å²) >= 11 is 5.39. The number of nitrogens with one attached hydrogen (secondary N) is 1. The Morgan fingerprint density at radius 1 is 1.09 bits per heavy atom. The van der Waals surface area contributed by atoms with Gasteiger partial charge in [-0.05, 0) is 48.8 Å². The minimum atomic E-state index is -1.41. The molecule has 0 unspecified atom stereocenters. The molecule has 164 valence electrons. The average molecular weight is 451 g/mol. The number of para-hydroxylation sites is 1. The Bertz CT molecular complexity index is 1140. The molecule has 2 saturated heterocycles. The first-order valence-corrected chi connectivity index (χ1v) is 11.1. The Labute approximate surface area is 190 Å². The largest absolute Gasteiger partial charge is 0.367 e. The molecule has 0 bridgehead atoms. The third kappa shape index (κ3) is 2.99. The third-order valence-electron chi connectivity index (χ3n) is 6.80. The van der Waals surface area contributed by atoms with Gasteiger partial charge in [-0.3, -0.25) is 24.6 Å². The van der Waals surface area contributed by atoms with Crippen molar-refractivity contribution in [3.63, 3.8) is 0 Å². The number of nitro benzene ring substituents is 1. The molecule has 1 N–H and O–H groups in total. The van der Waals surface area contributed by atoms with E-state index in [9.17, 15) is 19.7 Å². The number of fused-ring (bicyclic) bond motifs is 4. The van der Waals surface area contributed by atoms with Gasteiger partial charge in [-0.2, -0.15) is 0 Å². The van der Waals surface area contributed by atoms with Crippen molar-refractivity contribution < 1.29 is 14.5 Å². The van der Waals surface area contributed by atoms with Crippen LogP contribution in [0, 0.1) is 15.5 Å². The molecule has 2 aromatic rings. The molecule has 0 radical (unpaired) electrons. The third-order valence-corrected chi connectivity index (χ3v) is 7.09. The quantitative estimate of drug-likeness (QED) is 0.326. The summed E-state index contributed by atoms with van der Waals surface area (Å²) in [5.74, 6) is -0.791. The van der Waals surface area contributed by atoms with Crippen LogP contribution in [0.2, 0.25) is 0 Å². The van der Waals surface area contributed by atoms with Crippen LogP contribution in [0.15, 0.2) is 48.5 Å². The van der Waals surface area contributed by atoms with Gasteiger partial charge < -0.3 is 10.2 Å². The number of nitrogens with zero attached hydrogens (tertiary/aromatic N) is 3. The van der Waals surface area contributed by atoms with Gasteiger partial charge >= 0.3 is 0 Å². The number of nitro groups is 1. The fraction of sp³-hybridized carbons (Fsp3) is 0.348. The van der Waals surface area contributed by atoms with E-state index in [0.717, 1.165) is 24.9 Å². The summed E-state index contributed by atoms with van der Waals surface area (Å²) in [6.07, 6.45) is 3.62. The lowest BCUT2D eigenvalue weighted by atomic mass is 9.67. The zero-order valence-electron chi connectivity index (χ0n) is 17.3. The van der Waals surface area contributed by atoms with E-state index in [2.05, 4.69) is 10.2 Å². The number of amides is 2. The number of non-ortho nitro benzene ring substituents is 1. The number of thiocarbonyl (C=S) groups is 1. The van der Waals surface area contributed by atoms with Crippen molar-refractivity contribution in [2.24, 2.45) is 5.41 Å². The lowest BCUT2D eigenvalue weighted by Crippen LogP contribution is -2.72. The van der Waals surface area contributed by atoms with Gasteiger partial charge in [0.2, 0.25) is 5.91 Å². The van der Waals surface area contributed by atoms with Crippen molar-refractivity contribution in [3.05, 3.63) is 64.2 Å². The molecule has 0 saturated carbocycles. The van der Waals surface area contributed by atoms with E-state index in [1.54, 1.807) is 18.2 Å². The first-order valence-electron chi connectivity index (χ1n) is 10.7. The second-order valence-electron chi connectivity index (χ2n) is 8.51. The molecular formula is C23H22N4O4S. The molecule has 32 heavy (non-hydrogen) atoms. The highest BCUT2D eigenvalue weighted by molar-refractivity contribution is 7.80. The summed E-state index contributed by atoms with van der Waals surface area (Å²) in [7, 11) is 0. The van der Waals surface area contributed by atoms with Gasteiger partial charge in [0.1, 0.15) is 0 Å². The molecule has 8 nitrogen and oxygen atoms in total. The van der Waals surface area contributed by atoms with Gasteiger partial charge in [0.05, 0.1) is 16.7 Å². The summed E-state index contributed by atoms with van der Waals surface area (Å²) < 4.78 is 0. The van der Waals surface area contributed by atoms with Gasteiger partial charge in [0, 0.05) is 30.8 Å². The minimum absolute atomic E-state index is 0.0497. The fourth-order valence-corrected chi connectivity index (χ4v) is 5.63. The molecular weight excluding hydrogens is 428 g/mol. The molecule has 5 rings (SSSR count). The van der Waals surface area contributed by atoms with Crippen LogP contribution >= 0.6 is 12.2 Å². The van der Waals surface area contributed by atoms with E-state index in [-0.39, 0.29) is 29.2 Å². The number of anilines is 2. The van der Waals surface area contributed by atoms with Crippen molar-refractivity contribution >= 4 is 46.2 Å². The Kier molecular flexibility index (Phi) is 4.93. The molecule has 2 aromatic carbocycles. The highest BCUT2D eigenvalue weighted by Gasteiger charge is 2.61. The monoisotopic (exact) mass is 450 g/mol. The van der Waals surface area contributed by atoms with Crippen molar-refractivity contribution in [2.75, 3.05) is 16.3 Å². The maximum Gasteiger partial charge on any atom is 0.269 e. The number of rotatable bonds is 2. The maximum absolute atomic E-state index is 14.1. The van der Waals surface area contributed by atoms with Gasteiger partial charge in [0.25, 0.3) is 11.6 Å². The summed E-state index contributed by atoms with van der Waals surface area (Å²) in [6, 6.07) is 13.4. The maximum atomic E-state index is 14.1. The Morgan fingerprint density at radius 2 is 1.88 bits per heavy atom. The van der Waals surface area contributed by atoms with E-state index in [0.29, 0.717) is 24.2 Å². The van der Waals surface area contributed by atoms with Crippen LogP contribution in [-0.2, 0) is 16.0 Å². The Morgan fingerprint density at radius 3 is 2.62 bits per heavy atom. The number of hydrogen-bond acceptors (Lipinski definition) is 6. The summed E-state index contributed by atoms with van der Waals surface area (Å²) in [4.78, 5) is 42.2. The highest BCUT2D eigenvalue weighted by atomic mass is 32.1. The molecule has 2 fully saturated rings. The number of hydrogen-bond donors (Lipinski definition) is 1. The SMILES string of the molecule is O=C1NC(=S)N(c2ccccc2)C(=O)[C@@]12Cc1cc([N+](=O)[O-])ccc1N1CCCCC[C@H]12. The van der Waals surface area contributed by atoms with Crippen LogP contribution in [0.1, 0.15) is 31.2 Å². The normalized spacial score (nSPS) is 25.1. The number of carbonyl (C=O) groups excluding carboxylic acids is 2. The standard InChI is InChI=1S/C23H22N4O4S/c28-20-23(21(29)26(22(32)24-20)16-7-3-1-4-8-16)14-15-13-17(27(30)31)10-11-18(15)25-12-6-2-5-9-19(23)25/h1,3-4,7-8,10-11,13,19H,2,5-6,9,12,14H2,(H,24,28,32)/t19-,23+/m0/s1. The summed E-state index contributed by atoms with van der Waals surface area (Å²) in [5, 5.41) is 14.3. The summed E-state index contributed by atoms with van der Waals surface area (Å²) in [5.41, 5.74) is 0.637. The first kappa shape index (κ1) is 20.6. The molecule has 2 atom stereocenters. The average Bonchev–Trinajstić information content (AvgIpc) is 3.04. The second-order valence-corrected chi connectivity index (χ2v) is 8.90. The van der Waals surface area contributed by atoms with Crippen LogP contribution in [0.5, 0.6) is 0 Å². The number of carbonyl (C=O) groups is 2.